The Morgan fingerprint density at radius 2 is 1.97 bits per heavy atom. The Balaban J connectivity index is 1.38. The number of ether oxygens (including phenoxy) is 2. The van der Waals surface area contributed by atoms with E-state index >= 15 is 0 Å². The van der Waals surface area contributed by atoms with Crippen LogP contribution < -0.4 is 0 Å². The highest BCUT2D eigenvalue weighted by atomic mass is 16.5. The molecule has 0 heterocycles. The lowest BCUT2D eigenvalue weighted by Gasteiger charge is -2.58. The molecule has 5 aliphatic carbocycles. The Labute approximate surface area is 195 Å². The molecule has 5 aliphatic rings. The molecule has 0 saturated heterocycles. The minimum absolute atomic E-state index is 0.225. The van der Waals surface area contributed by atoms with Crippen molar-refractivity contribution in [3.8, 4) is 0 Å². The molecule has 32 heavy (non-hydrogen) atoms. The van der Waals surface area contributed by atoms with Crippen LogP contribution in [0.15, 0.2) is 23.0 Å². The number of hydrogen-bond donors (Lipinski definition) is 0. The van der Waals surface area contributed by atoms with E-state index in [9.17, 15) is 4.79 Å². The van der Waals surface area contributed by atoms with Gasteiger partial charge in [-0.3, -0.25) is 0 Å². The van der Waals surface area contributed by atoms with Crippen molar-refractivity contribution in [1.82, 2.24) is 0 Å². The Morgan fingerprint density at radius 3 is 2.72 bits per heavy atom. The lowest BCUT2D eigenvalue weighted by Crippen LogP contribution is -2.53. The summed E-state index contributed by atoms with van der Waals surface area (Å²) in [5.74, 6) is 3.09. The maximum Gasteiger partial charge on any atom is 0.130 e. The van der Waals surface area contributed by atoms with Crippen LogP contribution in [0.3, 0.4) is 0 Å². The third kappa shape index (κ3) is 3.62. The lowest BCUT2D eigenvalue weighted by atomic mass is 9.46. The van der Waals surface area contributed by atoms with Crippen LogP contribution in [0.2, 0.25) is 0 Å². The van der Waals surface area contributed by atoms with E-state index in [-0.39, 0.29) is 11.5 Å². The summed E-state index contributed by atoms with van der Waals surface area (Å²) in [5.41, 5.74) is 3.04. The first-order chi connectivity index (χ1) is 15.5. The number of allylic oxidation sites excluding steroid dienone is 3. The van der Waals surface area contributed by atoms with Gasteiger partial charge in [-0.25, -0.2) is 0 Å². The van der Waals surface area contributed by atoms with Crippen LogP contribution in [0.1, 0.15) is 104 Å². The predicted molar refractivity (Wildman–Crippen MR) is 128 cm³/mol. The van der Waals surface area contributed by atoms with E-state index in [1.807, 2.05) is 0 Å². The smallest absolute Gasteiger partial charge is 0.130 e. The molecule has 3 fully saturated rings. The molecule has 0 aromatic rings. The summed E-state index contributed by atoms with van der Waals surface area (Å²) in [6.45, 7) is 7.94. The van der Waals surface area contributed by atoms with Gasteiger partial charge in [-0.15, -0.1) is 0 Å². The van der Waals surface area contributed by atoms with Gasteiger partial charge in [0.15, 0.2) is 0 Å². The van der Waals surface area contributed by atoms with Crippen molar-refractivity contribution >= 4 is 6.29 Å². The highest BCUT2D eigenvalue weighted by Crippen LogP contribution is 2.66. The van der Waals surface area contributed by atoms with Crippen molar-refractivity contribution in [2.24, 2.45) is 28.6 Å². The third-order valence-corrected chi connectivity index (χ3v) is 10.2. The molecular weight excluding hydrogens is 396 g/mol. The van der Waals surface area contributed by atoms with Crippen LogP contribution >= 0.6 is 0 Å². The second kappa shape index (κ2) is 8.93. The minimum atomic E-state index is -0.225. The summed E-state index contributed by atoms with van der Waals surface area (Å²) in [6.07, 6.45) is 19.4. The van der Waals surface area contributed by atoms with Crippen LogP contribution in [0.5, 0.6) is 0 Å². The zero-order chi connectivity index (χ0) is 22.3. The van der Waals surface area contributed by atoms with E-state index in [4.69, 9.17) is 9.47 Å². The van der Waals surface area contributed by atoms with Gasteiger partial charge in [0, 0.05) is 19.4 Å². The fraction of sp³-hybridized carbons (Fsp3) is 0.828. The number of aldehydes is 1. The van der Waals surface area contributed by atoms with Gasteiger partial charge in [0.25, 0.3) is 0 Å². The van der Waals surface area contributed by atoms with Gasteiger partial charge < -0.3 is 14.3 Å². The van der Waals surface area contributed by atoms with Crippen LogP contribution in [0, 0.1) is 28.6 Å². The molecule has 0 radical (unpaired) electrons. The van der Waals surface area contributed by atoms with Crippen LogP contribution in [-0.2, 0) is 14.3 Å². The summed E-state index contributed by atoms with van der Waals surface area (Å²) in [7, 11) is 0. The molecule has 3 nitrogen and oxygen atoms in total. The molecule has 2 unspecified atom stereocenters. The molecule has 5 rings (SSSR count). The average molecular weight is 441 g/mol. The van der Waals surface area contributed by atoms with Gasteiger partial charge >= 0.3 is 0 Å². The van der Waals surface area contributed by atoms with Crippen LogP contribution in [0.25, 0.3) is 0 Å². The van der Waals surface area contributed by atoms with Gasteiger partial charge in [-0.2, -0.15) is 0 Å². The number of rotatable bonds is 6. The van der Waals surface area contributed by atoms with Gasteiger partial charge in [0.2, 0.25) is 0 Å². The largest absolute Gasteiger partial charge is 0.495 e. The normalized spacial score (nSPS) is 43.7. The zero-order valence-electron chi connectivity index (χ0n) is 20.7. The van der Waals surface area contributed by atoms with Gasteiger partial charge in [0.1, 0.15) is 12.4 Å². The molecule has 0 aromatic carbocycles. The van der Waals surface area contributed by atoms with Crippen LogP contribution in [0.4, 0.5) is 0 Å². The Bertz CT molecular complexity index is 781. The van der Waals surface area contributed by atoms with Crippen LogP contribution in [-0.4, -0.2) is 25.1 Å². The first kappa shape index (κ1) is 22.7. The molecule has 0 aliphatic heterocycles. The number of hydrogen-bond acceptors (Lipinski definition) is 3. The first-order valence-corrected chi connectivity index (χ1v) is 13.6. The van der Waals surface area contributed by atoms with E-state index in [1.165, 1.54) is 68.1 Å². The third-order valence-electron chi connectivity index (χ3n) is 10.2. The molecule has 0 bridgehead atoms. The van der Waals surface area contributed by atoms with Gasteiger partial charge in [-0.1, -0.05) is 25.0 Å². The second-order valence-electron chi connectivity index (χ2n) is 11.9. The summed E-state index contributed by atoms with van der Waals surface area (Å²) in [5, 5.41) is 0. The molecule has 0 N–H and O–H groups in total. The molecule has 0 aromatic heterocycles. The quantitative estimate of drug-likeness (QED) is 0.325. The Morgan fingerprint density at radius 1 is 1.09 bits per heavy atom. The van der Waals surface area contributed by atoms with E-state index in [1.54, 1.807) is 0 Å². The monoisotopic (exact) mass is 440 g/mol. The number of fused-ring (bicyclic) bond motifs is 5. The van der Waals surface area contributed by atoms with Crippen molar-refractivity contribution in [3.63, 3.8) is 0 Å². The van der Waals surface area contributed by atoms with Gasteiger partial charge in [0.05, 0.1) is 17.3 Å². The van der Waals surface area contributed by atoms with Crippen molar-refractivity contribution in [2.45, 2.75) is 116 Å². The Hall–Kier alpha value is -1.09. The molecular formula is C29H44O3. The molecule has 3 heteroatoms. The van der Waals surface area contributed by atoms with Gasteiger partial charge in [-0.05, 0) is 107 Å². The SMILES string of the molecule is CCCOC1CC[C@H]2[C@@H]3CC(C)=C4CC(OC5=CCCCC5)CC[C@]4(C=O)[C@@H]3CC[C@]12C. The molecule has 178 valence electrons. The fourth-order valence-corrected chi connectivity index (χ4v) is 8.67. The standard InChI is InChI=1S/C29H44O3/c1-4-16-31-27-11-10-24-23-17-20(2)26-18-22(32-21-8-6-5-7-9-21)12-15-29(26,19-30)25(23)13-14-28(24,27)3/h8,19,22-25,27H,4-7,9-18H2,1-3H3/t22?,23-,24-,25+,27?,28-,29-/m0/s1. The number of carbonyl (C=O) groups excluding carboxylic acids is 1. The maximum absolute atomic E-state index is 12.9. The van der Waals surface area contributed by atoms with E-state index in [2.05, 4.69) is 26.8 Å². The number of carbonyl (C=O) groups is 1. The molecule has 0 amide bonds. The summed E-state index contributed by atoms with van der Waals surface area (Å²) in [4.78, 5) is 12.9. The zero-order valence-corrected chi connectivity index (χ0v) is 20.7. The van der Waals surface area contributed by atoms with E-state index < -0.39 is 0 Å². The topological polar surface area (TPSA) is 35.5 Å². The molecule has 3 saturated carbocycles. The molecule has 0 spiro atoms. The summed E-state index contributed by atoms with van der Waals surface area (Å²) >= 11 is 0. The van der Waals surface area contributed by atoms with E-state index in [0.29, 0.717) is 29.3 Å². The fourth-order valence-electron chi connectivity index (χ4n) is 8.67. The highest BCUT2D eigenvalue weighted by Gasteiger charge is 2.61. The van der Waals surface area contributed by atoms with Crippen molar-refractivity contribution in [1.29, 1.82) is 0 Å². The summed E-state index contributed by atoms with van der Waals surface area (Å²) in [6, 6.07) is 0. The lowest BCUT2D eigenvalue weighted by molar-refractivity contribution is -0.130. The Kier molecular flexibility index (Phi) is 6.33. The molecule has 7 atom stereocenters. The highest BCUT2D eigenvalue weighted by molar-refractivity contribution is 5.68. The minimum Gasteiger partial charge on any atom is -0.495 e. The average Bonchev–Trinajstić information content (AvgIpc) is 3.15. The van der Waals surface area contributed by atoms with Crippen molar-refractivity contribution < 1.29 is 14.3 Å². The van der Waals surface area contributed by atoms with Crippen molar-refractivity contribution in [3.05, 3.63) is 23.0 Å². The second-order valence-corrected chi connectivity index (χ2v) is 11.9. The summed E-state index contributed by atoms with van der Waals surface area (Å²) < 4.78 is 12.9. The van der Waals surface area contributed by atoms with E-state index in [0.717, 1.165) is 45.1 Å². The first-order valence-electron chi connectivity index (χ1n) is 13.6. The predicted octanol–water partition coefficient (Wildman–Crippen LogP) is 7.16. The van der Waals surface area contributed by atoms with Crippen molar-refractivity contribution in [2.75, 3.05) is 6.61 Å². The maximum atomic E-state index is 12.9.